The first-order chi connectivity index (χ1) is 14.0. The van der Waals surface area contributed by atoms with Gasteiger partial charge in [-0.25, -0.2) is 4.79 Å². The van der Waals surface area contributed by atoms with Gasteiger partial charge in [-0.1, -0.05) is 41.9 Å². The lowest BCUT2D eigenvalue weighted by Gasteiger charge is -2.29. The maximum atomic E-state index is 13.3. The van der Waals surface area contributed by atoms with E-state index in [0.29, 0.717) is 23.4 Å². The summed E-state index contributed by atoms with van der Waals surface area (Å²) in [6, 6.07) is 15.5. The Kier molecular flexibility index (Phi) is 5.43. The molecular weight excluding hydrogens is 406 g/mol. The summed E-state index contributed by atoms with van der Waals surface area (Å²) in [7, 11) is 0. The van der Waals surface area contributed by atoms with Crippen molar-refractivity contribution in [3.8, 4) is 11.1 Å². The van der Waals surface area contributed by atoms with Gasteiger partial charge in [0.25, 0.3) is 5.91 Å². The smallest absolute Gasteiger partial charge is 0.326 e. The molecule has 1 amide bonds. The number of nitrogens with zero attached hydrogens (tertiary/aromatic N) is 1. The van der Waals surface area contributed by atoms with E-state index in [2.05, 4.69) is 13.0 Å². The van der Waals surface area contributed by atoms with E-state index >= 15 is 0 Å². The number of carbonyl (C=O) groups excluding carboxylic acids is 1. The van der Waals surface area contributed by atoms with Crippen LogP contribution in [-0.4, -0.2) is 27.9 Å². The minimum absolute atomic E-state index is 0.284. The van der Waals surface area contributed by atoms with Crippen LogP contribution in [0.5, 0.6) is 0 Å². The van der Waals surface area contributed by atoms with E-state index in [1.54, 1.807) is 29.5 Å². The second-order valence-electron chi connectivity index (χ2n) is 7.15. The van der Waals surface area contributed by atoms with Crippen molar-refractivity contribution in [1.82, 2.24) is 4.90 Å². The Labute approximate surface area is 178 Å². The molecular formula is C23H20ClNO3S. The quantitative estimate of drug-likeness (QED) is 0.574. The van der Waals surface area contributed by atoms with Crippen LogP contribution < -0.4 is 0 Å². The Morgan fingerprint density at radius 3 is 2.41 bits per heavy atom. The summed E-state index contributed by atoms with van der Waals surface area (Å²) in [5, 5.41) is 12.3. The van der Waals surface area contributed by atoms with Gasteiger partial charge in [-0.15, -0.1) is 11.3 Å². The van der Waals surface area contributed by atoms with Gasteiger partial charge in [-0.3, -0.25) is 4.79 Å². The number of carboxylic acid groups (broad SMARTS) is 1. The van der Waals surface area contributed by atoms with E-state index < -0.39 is 12.0 Å². The molecule has 1 aromatic heterocycles. The van der Waals surface area contributed by atoms with Crippen LogP contribution in [0, 0.1) is 6.92 Å². The molecule has 0 spiro atoms. The Morgan fingerprint density at radius 2 is 1.79 bits per heavy atom. The first-order valence-electron chi connectivity index (χ1n) is 9.42. The largest absolute Gasteiger partial charge is 0.480 e. The van der Waals surface area contributed by atoms with Gasteiger partial charge in [0.15, 0.2) is 0 Å². The summed E-state index contributed by atoms with van der Waals surface area (Å²) in [5.41, 5.74) is 3.45. The number of hydrogen-bond donors (Lipinski definition) is 1. The third-order valence-corrected chi connectivity index (χ3v) is 6.66. The SMILES string of the molecule is Cc1sccc1-c1ccc(C(=O)N2[C@@H](c3ccccc3Cl)CC[C@H]2C(=O)O)cc1. The number of rotatable bonds is 4. The lowest BCUT2D eigenvalue weighted by molar-refractivity contribution is -0.141. The number of aliphatic carboxylic acids is 1. The molecule has 0 saturated carbocycles. The molecule has 6 heteroatoms. The molecule has 0 bridgehead atoms. The summed E-state index contributed by atoms with van der Waals surface area (Å²) >= 11 is 8.04. The third-order valence-electron chi connectivity index (χ3n) is 5.47. The molecule has 0 aliphatic carbocycles. The van der Waals surface area contributed by atoms with Crippen molar-refractivity contribution in [1.29, 1.82) is 0 Å². The van der Waals surface area contributed by atoms with Crippen molar-refractivity contribution in [3.63, 3.8) is 0 Å². The zero-order chi connectivity index (χ0) is 20.5. The predicted molar refractivity (Wildman–Crippen MR) is 116 cm³/mol. The van der Waals surface area contributed by atoms with Crippen LogP contribution in [0.4, 0.5) is 0 Å². The molecule has 0 radical (unpaired) electrons. The molecule has 1 aliphatic heterocycles. The highest BCUT2D eigenvalue weighted by Gasteiger charge is 2.42. The van der Waals surface area contributed by atoms with Crippen molar-refractivity contribution >= 4 is 34.8 Å². The molecule has 29 heavy (non-hydrogen) atoms. The third kappa shape index (κ3) is 3.68. The fourth-order valence-corrected chi connectivity index (χ4v) is 5.00. The van der Waals surface area contributed by atoms with E-state index in [9.17, 15) is 14.7 Å². The standard InChI is InChI=1S/C23H20ClNO3S/c1-14-17(12-13-29-14)15-6-8-16(9-7-15)22(26)25-20(10-11-21(25)23(27)28)18-4-2-3-5-19(18)24/h2-9,12-13,20-21H,10-11H2,1H3,(H,27,28)/t20-,21+/m1/s1. The molecule has 1 saturated heterocycles. The number of hydrogen-bond acceptors (Lipinski definition) is 3. The molecule has 1 N–H and O–H groups in total. The van der Waals surface area contributed by atoms with E-state index in [0.717, 1.165) is 16.7 Å². The molecule has 4 nitrogen and oxygen atoms in total. The Hall–Kier alpha value is -2.63. The number of carboxylic acids is 1. The number of benzene rings is 2. The molecule has 148 valence electrons. The second-order valence-corrected chi connectivity index (χ2v) is 8.68. The van der Waals surface area contributed by atoms with Crippen LogP contribution in [-0.2, 0) is 4.79 Å². The van der Waals surface area contributed by atoms with Gasteiger partial charge in [-0.05, 0) is 66.1 Å². The summed E-state index contributed by atoms with van der Waals surface area (Å²) in [6.07, 6.45) is 0.974. The number of likely N-dealkylation sites (tertiary alicyclic amines) is 1. The normalized spacial score (nSPS) is 18.8. The highest BCUT2D eigenvalue weighted by atomic mass is 35.5. The highest BCUT2D eigenvalue weighted by molar-refractivity contribution is 7.10. The Morgan fingerprint density at radius 1 is 1.07 bits per heavy atom. The van der Waals surface area contributed by atoms with E-state index in [1.807, 2.05) is 35.7 Å². The summed E-state index contributed by atoms with van der Waals surface area (Å²) in [5.74, 6) is -1.27. The fourth-order valence-electron chi connectivity index (χ4n) is 4.01. The maximum Gasteiger partial charge on any atom is 0.326 e. The van der Waals surface area contributed by atoms with Crippen LogP contribution >= 0.6 is 22.9 Å². The monoisotopic (exact) mass is 425 g/mol. The maximum absolute atomic E-state index is 13.3. The van der Waals surface area contributed by atoms with Gasteiger partial charge in [0.2, 0.25) is 0 Å². The van der Waals surface area contributed by atoms with E-state index in [-0.39, 0.29) is 11.9 Å². The van der Waals surface area contributed by atoms with E-state index in [1.165, 1.54) is 9.78 Å². The minimum Gasteiger partial charge on any atom is -0.480 e. The topological polar surface area (TPSA) is 57.6 Å². The molecule has 2 aromatic carbocycles. The average molecular weight is 426 g/mol. The number of thiophene rings is 1. The van der Waals surface area contributed by atoms with Gasteiger partial charge in [0.05, 0.1) is 6.04 Å². The summed E-state index contributed by atoms with van der Waals surface area (Å²) in [6.45, 7) is 2.06. The molecule has 2 atom stereocenters. The second kappa shape index (κ2) is 8.01. The van der Waals surface area contributed by atoms with Crippen molar-refractivity contribution in [2.45, 2.75) is 31.8 Å². The highest BCUT2D eigenvalue weighted by Crippen LogP contribution is 2.40. The van der Waals surface area contributed by atoms with Crippen molar-refractivity contribution in [2.75, 3.05) is 0 Å². The van der Waals surface area contributed by atoms with Crippen LogP contribution in [0.3, 0.4) is 0 Å². The summed E-state index contributed by atoms with van der Waals surface area (Å²) in [4.78, 5) is 27.9. The molecule has 3 aromatic rings. The lowest BCUT2D eigenvalue weighted by Crippen LogP contribution is -2.41. The predicted octanol–water partition coefficient (Wildman–Crippen LogP) is 5.81. The number of carbonyl (C=O) groups is 2. The van der Waals surface area contributed by atoms with Gasteiger partial charge in [0.1, 0.15) is 6.04 Å². The summed E-state index contributed by atoms with van der Waals surface area (Å²) < 4.78 is 0. The first kappa shape index (κ1) is 19.7. The average Bonchev–Trinajstić information content (AvgIpc) is 3.34. The molecule has 2 heterocycles. The van der Waals surface area contributed by atoms with Gasteiger partial charge >= 0.3 is 5.97 Å². The minimum atomic E-state index is -0.988. The van der Waals surface area contributed by atoms with Gasteiger partial charge in [-0.2, -0.15) is 0 Å². The van der Waals surface area contributed by atoms with Crippen LogP contribution in [0.1, 0.15) is 39.7 Å². The Balaban J connectivity index is 1.68. The lowest BCUT2D eigenvalue weighted by atomic mass is 10.0. The molecule has 1 fully saturated rings. The van der Waals surface area contributed by atoms with Crippen molar-refractivity contribution in [3.05, 3.63) is 81.0 Å². The first-order valence-corrected chi connectivity index (χ1v) is 10.7. The van der Waals surface area contributed by atoms with Gasteiger partial charge in [0, 0.05) is 15.5 Å². The van der Waals surface area contributed by atoms with Crippen molar-refractivity contribution in [2.24, 2.45) is 0 Å². The zero-order valence-corrected chi connectivity index (χ0v) is 17.4. The Bertz CT molecular complexity index is 1060. The number of amides is 1. The molecule has 1 aliphatic rings. The zero-order valence-electron chi connectivity index (χ0n) is 15.8. The van der Waals surface area contributed by atoms with Crippen molar-refractivity contribution < 1.29 is 14.7 Å². The van der Waals surface area contributed by atoms with Crippen LogP contribution in [0.2, 0.25) is 5.02 Å². The molecule has 0 unspecified atom stereocenters. The number of aryl methyl sites for hydroxylation is 1. The van der Waals surface area contributed by atoms with Crippen LogP contribution in [0.15, 0.2) is 60.0 Å². The van der Waals surface area contributed by atoms with Gasteiger partial charge < -0.3 is 10.0 Å². The molecule has 4 rings (SSSR count). The van der Waals surface area contributed by atoms with E-state index in [4.69, 9.17) is 11.6 Å². The number of halogens is 1. The van der Waals surface area contributed by atoms with Crippen LogP contribution in [0.25, 0.3) is 11.1 Å². The fraction of sp³-hybridized carbons (Fsp3) is 0.217.